The Morgan fingerprint density at radius 2 is 1.77 bits per heavy atom. The number of rotatable bonds is 2. The Morgan fingerprint density at radius 3 is 2.41 bits per heavy atom. The molecule has 1 N–H and O–H groups in total. The predicted octanol–water partition coefficient (Wildman–Crippen LogP) is 0.778. The van der Waals surface area contributed by atoms with Gasteiger partial charge in [-0.15, -0.1) is 0 Å². The molecule has 0 saturated carbocycles. The van der Waals surface area contributed by atoms with Crippen molar-refractivity contribution in [2.24, 2.45) is 0 Å². The van der Waals surface area contributed by atoms with Gasteiger partial charge < -0.3 is 14.8 Å². The molecule has 0 bridgehead atoms. The minimum atomic E-state index is -0.533. The summed E-state index contributed by atoms with van der Waals surface area (Å²) in [5.41, 5.74) is 0.984. The zero-order valence-electron chi connectivity index (χ0n) is 12.2. The molecule has 4 rings (SSSR count). The summed E-state index contributed by atoms with van der Waals surface area (Å²) in [6, 6.07) is 6.96. The van der Waals surface area contributed by atoms with E-state index in [-0.39, 0.29) is 17.9 Å². The first-order chi connectivity index (χ1) is 10.7. The molecule has 1 unspecified atom stereocenters. The van der Waals surface area contributed by atoms with Crippen molar-refractivity contribution in [1.29, 1.82) is 0 Å². The van der Waals surface area contributed by atoms with Gasteiger partial charge in [0, 0.05) is 32.0 Å². The summed E-state index contributed by atoms with van der Waals surface area (Å²) in [4.78, 5) is 26.1. The highest BCUT2D eigenvalue weighted by atomic mass is 16.7. The number of amides is 2. The number of nitrogens with one attached hydrogen (secondary N) is 1. The topological polar surface area (TPSA) is 67.9 Å². The zero-order chi connectivity index (χ0) is 15.2. The number of fused-ring (bicyclic) bond motifs is 1. The Morgan fingerprint density at radius 1 is 1.14 bits per heavy atom. The third kappa shape index (κ3) is 2.15. The van der Waals surface area contributed by atoms with Gasteiger partial charge in [-0.05, 0) is 12.1 Å². The number of piperidine rings is 1. The van der Waals surface area contributed by atoms with E-state index in [0.29, 0.717) is 37.3 Å². The maximum Gasteiger partial charge on any atom is 0.261 e. The minimum absolute atomic E-state index is 0.00550. The summed E-state index contributed by atoms with van der Waals surface area (Å²) in [5, 5.41) is 3.36. The Kier molecular flexibility index (Phi) is 3.25. The molecule has 1 aromatic carbocycles. The summed E-state index contributed by atoms with van der Waals surface area (Å²) in [5.74, 6) is -0.959. The maximum absolute atomic E-state index is 12.4. The van der Waals surface area contributed by atoms with E-state index in [0.717, 1.165) is 13.0 Å². The van der Waals surface area contributed by atoms with Crippen LogP contribution < -0.4 is 5.32 Å². The van der Waals surface area contributed by atoms with Crippen LogP contribution in [0.5, 0.6) is 0 Å². The highest BCUT2D eigenvalue weighted by Crippen LogP contribution is 2.32. The van der Waals surface area contributed by atoms with Crippen LogP contribution in [0.2, 0.25) is 0 Å². The lowest BCUT2D eigenvalue weighted by atomic mass is 9.97. The van der Waals surface area contributed by atoms with Gasteiger partial charge in [-0.3, -0.25) is 14.5 Å². The zero-order valence-corrected chi connectivity index (χ0v) is 12.2. The number of carbonyl (C=O) groups excluding carboxylic acids is 2. The first-order valence-corrected chi connectivity index (χ1v) is 7.65. The molecule has 6 heteroatoms. The number of ether oxygens (including phenoxy) is 2. The van der Waals surface area contributed by atoms with E-state index < -0.39 is 5.79 Å². The Labute approximate surface area is 128 Å². The van der Waals surface area contributed by atoms with Crippen molar-refractivity contribution in [2.75, 3.05) is 26.3 Å². The Bertz CT molecular complexity index is 589. The standard InChI is InChI=1S/C16H18N2O4/c19-14-12-3-1-2-4-13(12)15(20)18(14)10-11-9-16(5-6-17-11)21-7-8-22-16/h1-4,11,17H,5-10H2. The predicted molar refractivity (Wildman–Crippen MR) is 77.5 cm³/mol. The minimum Gasteiger partial charge on any atom is -0.347 e. The number of nitrogens with zero attached hydrogens (tertiary/aromatic N) is 1. The number of carbonyl (C=O) groups is 2. The quantitative estimate of drug-likeness (QED) is 0.818. The molecule has 116 valence electrons. The lowest BCUT2D eigenvalue weighted by Crippen LogP contribution is -2.53. The lowest BCUT2D eigenvalue weighted by Gasteiger charge is -2.38. The van der Waals surface area contributed by atoms with Gasteiger partial charge in [0.2, 0.25) is 0 Å². The third-order valence-electron chi connectivity index (χ3n) is 4.59. The summed E-state index contributed by atoms with van der Waals surface area (Å²) in [6.45, 7) is 2.33. The fraction of sp³-hybridized carbons (Fsp3) is 0.500. The Balaban J connectivity index is 1.50. The van der Waals surface area contributed by atoms with E-state index in [1.54, 1.807) is 24.3 Å². The number of benzene rings is 1. The molecule has 6 nitrogen and oxygen atoms in total. The SMILES string of the molecule is O=C1c2ccccc2C(=O)N1CC1CC2(CCN1)OCCO2. The van der Waals surface area contributed by atoms with Gasteiger partial charge in [0.15, 0.2) is 5.79 Å². The second kappa shape index (κ2) is 5.15. The third-order valence-corrected chi connectivity index (χ3v) is 4.59. The van der Waals surface area contributed by atoms with E-state index in [1.165, 1.54) is 4.90 Å². The molecule has 2 amide bonds. The second-order valence-corrected chi connectivity index (χ2v) is 5.98. The fourth-order valence-electron chi connectivity index (χ4n) is 3.53. The molecule has 1 atom stereocenters. The molecule has 0 radical (unpaired) electrons. The van der Waals surface area contributed by atoms with Gasteiger partial charge in [-0.1, -0.05) is 12.1 Å². The van der Waals surface area contributed by atoms with Gasteiger partial charge in [0.25, 0.3) is 11.8 Å². The number of imide groups is 1. The van der Waals surface area contributed by atoms with Crippen molar-refractivity contribution in [3.05, 3.63) is 35.4 Å². The van der Waals surface area contributed by atoms with Crippen LogP contribution in [0.4, 0.5) is 0 Å². The molecule has 3 heterocycles. The van der Waals surface area contributed by atoms with Crippen LogP contribution in [0.15, 0.2) is 24.3 Å². The van der Waals surface area contributed by atoms with E-state index >= 15 is 0 Å². The van der Waals surface area contributed by atoms with Crippen LogP contribution >= 0.6 is 0 Å². The normalized spacial score (nSPS) is 26.7. The van der Waals surface area contributed by atoms with Gasteiger partial charge in [0.05, 0.1) is 24.3 Å². The van der Waals surface area contributed by atoms with Crippen LogP contribution in [-0.4, -0.2) is 54.8 Å². The molecule has 0 aliphatic carbocycles. The fourth-order valence-corrected chi connectivity index (χ4v) is 3.53. The molecule has 0 aromatic heterocycles. The summed E-state index contributed by atoms with van der Waals surface area (Å²) < 4.78 is 11.5. The van der Waals surface area contributed by atoms with Crippen LogP contribution in [0, 0.1) is 0 Å². The average molecular weight is 302 g/mol. The van der Waals surface area contributed by atoms with E-state index in [9.17, 15) is 9.59 Å². The van der Waals surface area contributed by atoms with Gasteiger partial charge >= 0.3 is 0 Å². The highest BCUT2D eigenvalue weighted by molar-refractivity contribution is 6.21. The molecular formula is C16H18N2O4. The van der Waals surface area contributed by atoms with Crippen molar-refractivity contribution >= 4 is 11.8 Å². The largest absolute Gasteiger partial charge is 0.347 e. The first kappa shape index (κ1) is 13.9. The molecule has 1 spiro atoms. The van der Waals surface area contributed by atoms with E-state index in [4.69, 9.17) is 9.47 Å². The van der Waals surface area contributed by atoms with Crippen LogP contribution in [-0.2, 0) is 9.47 Å². The molecule has 1 aromatic rings. The van der Waals surface area contributed by atoms with Crippen molar-refractivity contribution in [3.63, 3.8) is 0 Å². The van der Waals surface area contributed by atoms with Crippen molar-refractivity contribution in [1.82, 2.24) is 10.2 Å². The van der Waals surface area contributed by atoms with Crippen molar-refractivity contribution in [3.8, 4) is 0 Å². The summed E-state index contributed by atoms with van der Waals surface area (Å²) in [6.07, 6.45) is 1.45. The molecule has 22 heavy (non-hydrogen) atoms. The maximum atomic E-state index is 12.4. The second-order valence-electron chi connectivity index (χ2n) is 5.98. The van der Waals surface area contributed by atoms with Gasteiger partial charge in [-0.25, -0.2) is 0 Å². The molecule has 2 fully saturated rings. The van der Waals surface area contributed by atoms with Crippen LogP contribution in [0.1, 0.15) is 33.6 Å². The van der Waals surface area contributed by atoms with Gasteiger partial charge in [0.1, 0.15) is 0 Å². The molecule has 2 saturated heterocycles. The molecular weight excluding hydrogens is 284 g/mol. The Hall–Kier alpha value is -1.76. The molecule has 3 aliphatic rings. The number of hydrogen-bond acceptors (Lipinski definition) is 5. The monoisotopic (exact) mass is 302 g/mol. The summed E-state index contributed by atoms with van der Waals surface area (Å²) in [7, 11) is 0. The van der Waals surface area contributed by atoms with Crippen molar-refractivity contribution in [2.45, 2.75) is 24.7 Å². The van der Waals surface area contributed by atoms with E-state index in [1.807, 2.05) is 0 Å². The molecule has 3 aliphatic heterocycles. The highest BCUT2D eigenvalue weighted by Gasteiger charge is 2.44. The lowest BCUT2D eigenvalue weighted by molar-refractivity contribution is -0.180. The number of hydrogen-bond donors (Lipinski definition) is 1. The van der Waals surface area contributed by atoms with Crippen LogP contribution in [0.25, 0.3) is 0 Å². The average Bonchev–Trinajstić information content (AvgIpc) is 3.07. The van der Waals surface area contributed by atoms with Crippen molar-refractivity contribution < 1.29 is 19.1 Å². The van der Waals surface area contributed by atoms with Gasteiger partial charge in [-0.2, -0.15) is 0 Å². The van der Waals surface area contributed by atoms with Crippen LogP contribution in [0.3, 0.4) is 0 Å². The summed E-state index contributed by atoms with van der Waals surface area (Å²) >= 11 is 0. The first-order valence-electron chi connectivity index (χ1n) is 7.65. The van der Waals surface area contributed by atoms with E-state index in [2.05, 4.69) is 5.32 Å². The smallest absolute Gasteiger partial charge is 0.261 e.